The van der Waals surface area contributed by atoms with Gasteiger partial charge in [0, 0.05) is 0 Å². The SMILES string of the molecule is C=CC1CCC([Si](C)(C)c2ccc(F)cc2)C1. The zero-order chi connectivity index (χ0) is 12.5. The van der Waals surface area contributed by atoms with E-state index in [1.807, 2.05) is 12.1 Å². The Morgan fingerprint density at radius 1 is 1.24 bits per heavy atom. The fourth-order valence-electron chi connectivity index (χ4n) is 3.00. The Balaban J connectivity index is 2.18. The molecule has 0 aromatic heterocycles. The van der Waals surface area contributed by atoms with Crippen molar-refractivity contribution < 1.29 is 4.39 Å². The van der Waals surface area contributed by atoms with Crippen LogP contribution in [-0.2, 0) is 0 Å². The van der Waals surface area contributed by atoms with E-state index in [1.54, 1.807) is 12.1 Å². The summed E-state index contributed by atoms with van der Waals surface area (Å²) < 4.78 is 13.0. The first-order valence-corrected chi connectivity index (χ1v) is 9.50. The number of hydrogen-bond acceptors (Lipinski definition) is 0. The van der Waals surface area contributed by atoms with Crippen LogP contribution in [0.1, 0.15) is 19.3 Å². The van der Waals surface area contributed by atoms with Crippen LogP contribution in [0.4, 0.5) is 4.39 Å². The Hall–Kier alpha value is -0.893. The normalized spacial score (nSPS) is 24.9. The van der Waals surface area contributed by atoms with Gasteiger partial charge in [-0.25, -0.2) is 4.39 Å². The van der Waals surface area contributed by atoms with Gasteiger partial charge in [0.15, 0.2) is 0 Å². The Labute approximate surface area is 105 Å². The molecule has 17 heavy (non-hydrogen) atoms. The van der Waals surface area contributed by atoms with Crippen molar-refractivity contribution in [2.24, 2.45) is 5.92 Å². The number of halogens is 1. The van der Waals surface area contributed by atoms with Crippen LogP contribution < -0.4 is 5.19 Å². The van der Waals surface area contributed by atoms with Gasteiger partial charge in [0.1, 0.15) is 5.82 Å². The van der Waals surface area contributed by atoms with Gasteiger partial charge in [-0.15, -0.1) is 6.58 Å². The van der Waals surface area contributed by atoms with Crippen molar-refractivity contribution in [1.29, 1.82) is 0 Å². The predicted molar refractivity (Wildman–Crippen MR) is 74.8 cm³/mol. The first-order chi connectivity index (χ1) is 8.04. The molecule has 2 unspecified atom stereocenters. The summed E-state index contributed by atoms with van der Waals surface area (Å²) in [6.07, 6.45) is 5.98. The van der Waals surface area contributed by atoms with E-state index in [4.69, 9.17) is 0 Å². The summed E-state index contributed by atoms with van der Waals surface area (Å²) in [6, 6.07) is 7.18. The highest BCUT2D eigenvalue weighted by atomic mass is 28.3. The van der Waals surface area contributed by atoms with Crippen molar-refractivity contribution >= 4 is 13.3 Å². The lowest BCUT2D eigenvalue weighted by Crippen LogP contribution is -2.45. The average Bonchev–Trinajstić information content (AvgIpc) is 2.78. The predicted octanol–water partition coefficient (Wildman–Crippen LogP) is 4.10. The minimum atomic E-state index is -1.44. The Morgan fingerprint density at radius 3 is 2.41 bits per heavy atom. The average molecular weight is 248 g/mol. The first kappa shape index (κ1) is 12.6. The quantitative estimate of drug-likeness (QED) is 0.558. The second-order valence-electron chi connectivity index (χ2n) is 5.73. The Kier molecular flexibility index (Phi) is 3.52. The van der Waals surface area contributed by atoms with Gasteiger partial charge >= 0.3 is 0 Å². The van der Waals surface area contributed by atoms with Crippen LogP contribution in [0, 0.1) is 11.7 Å². The molecule has 2 rings (SSSR count). The lowest BCUT2D eigenvalue weighted by molar-refractivity contribution is 0.628. The fourth-order valence-corrected chi connectivity index (χ4v) is 6.28. The van der Waals surface area contributed by atoms with E-state index >= 15 is 0 Å². The molecule has 0 nitrogen and oxygen atoms in total. The molecule has 92 valence electrons. The summed E-state index contributed by atoms with van der Waals surface area (Å²) in [6.45, 7) is 8.74. The lowest BCUT2D eigenvalue weighted by Gasteiger charge is -2.30. The Morgan fingerprint density at radius 2 is 1.88 bits per heavy atom. The first-order valence-electron chi connectivity index (χ1n) is 6.42. The summed E-state index contributed by atoms with van der Waals surface area (Å²) in [4.78, 5) is 0. The molecule has 0 N–H and O–H groups in total. The van der Waals surface area contributed by atoms with Crippen molar-refractivity contribution in [2.75, 3.05) is 0 Å². The third kappa shape index (κ3) is 2.52. The number of benzene rings is 1. The number of rotatable bonds is 3. The molecule has 0 amide bonds. The zero-order valence-electron chi connectivity index (χ0n) is 10.7. The van der Waals surface area contributed by atoms with Gasteiger partial charge in [0.2, 0.25) is 0 Å². The third-order valence-electron chi connectivity index (χ3n) is 4.42. The second kappa shape index (κ2) is 4.77. The van der Waals surface area contributed by atoms with E-state index < -0.39 is 8.07 Å². The molecular formula is C15H21FSi. The minimum Gasteiger partial charge on any atom is -0.207 e. The minimum absolute atomic E-state index is 0.131. The zero-order valence-corrected chi connectivity index (χ0v) is 11.7. The standard InChI is InChI=1S/C15H21FSi/c1-4-12-5-8-15(11-12)17(2,3)14-9-6-13(16)7-10-14/h4,6-7,9-10,12,15H,1,5,8,11H2,2-3H3. The van der Waals surface area contributed by atoms with E-state index in [2.05, 4.69) is 25.7 Å². The van der Waals surface area contributed by atoms with Crippen molar-refractivity contribution in [2.45, 2.75) is 37.9 Å². The van der Waals surface area contributed by atoms with Gasteiger partial charge in [0.05, 0.1) is 8.07 Å². The second-order valence-corrected chi connectivity index (χ2v) is 10.6. The van der Waals surface area contributed by atoms with Gasteiger partial charge in [-0.1, -0.05) is 42.9 Å². The van der Waals surface area contributed by atoms with E-state index in [0.29, 0.717) is 5.92 Å². The van der Waals surface area contributed by atoms with E-state index in [-0.39, 0.29) is 5.82 Å². The van der Waals surface area contributed by atoms with Crippen LogP contribution in [-0.4, -0.2) is 8.07 Å². The molecule has 0 spiro atoms. The molecule has 2 atom stereocenters. The highest BCUT2D eigenvalue weighted by Crippen LogP contribution is 2.42. The molecule has 1 aromatic carbocycles. The van der Waals surface area contributed by atoms with Gasteiger partial charge in [-0.3, -0.25) is 0 Å². The van der Waals surface area contributed by atoms with Gasteiger partial charge in [-0.2, -0.15) is 0 Å². The molecule has 2 heteroatoms. The molecule has 1 aromatic rings. The topological polar surface area (TPSA) is 0 Å². The number of hydrogen-bond donors (Lipinski definition) is 0. The van der Waals surface area contributed by atoms with Crippen LogP contribution in [0.5, 0.6) is 0 Å². The maximum absolute atomic E-state index is 13.0. The molecule has 0 saturated heterocycles. The summed E-state index contributed by atoms with van der Waals surface area (Å²) in [5, 5.41) is 1.38. The molecule has 1 fully saturated rings. The van der Waals surface area contributed by atoms with Gasteiger partial charge in [0.25, 0.3) is 0 Å². The Bertz CT molecular complexity index is 394. The van der Waals surface area contributed by atoms with Crippen LogP contribution in [0.25, 0.3) is 0 Å². The van der Waals surface area contributed by atoms with Crippen molar-refractivity contribution in [3.05, 3.63) is 42.7 Å². The lowest BCUT2D eigenvalue weighted by atomic mass is 10.1. The smallest absolute Gasteiger partial charge is 0.123 e. The highest BCUT2D eigenvalue weighted by molar-refractivity contribution is 6.91. The van der Waals surface area contributed by atoms with Crippen molar-refractivity contribution in [3.63, 3.8) is 0 Å². The van der Waals surface area contributed by atoms with E-state index in [0.717, 1.165) is 5.54 Å². The maximum Gasteiger partial charge on any atom is 0.123 e. The molecular weight excluding hydrogens is 227 g/mol. The maximum atomic E-state index is 13.0. The monoisotopic (exact) mass is 248 g/mol. The van der Waals surface area contributed by atoms with E-state index in [9.17, 15) is 4.39 Å². The summed E-state index contributed by atoms with van der Waals surface area (Å²) >= 11 is 0. The van der Waals surface area contributed by atoms with Crippen LogP contribution >= 0.6 is 0 Å². The highest BCUT2D eigenvalue weighted by Gasteiger charge is 2.37. The third-order valence-corrected chi connectivity index (χ3v) is 8.80. The molecule has 0 radical (unpaired) electrons. The summed E-state index contributed by atoms with van der Waals surface area (Å²) in [5.74, 6) is 0.571. The molecule has 1 aliphatic rings. The molecule has 0 aliphatic heterocycles. The summed E-state index contributed by atoms with van der Waals surface area (Å²) in [7, 11) is -1.44. The molecule has 0 bridgehead atoms. The van der Waals surface area contributed by atoms with Crippen LogP contribution in [0.3, 0.4) is 0 Å². The molecule has 1 aliphatic carbocycles. The van der Waals surface area contributed by atoms with Crippen molar-refractivity contribution in [3.8, 4) is 0 Å². The number of allylic oxidation sites excluding steroid dienone is 1. The van der Waals surface area contributed by atoms with Crippen LogP contribution in [0.15, 0.2) is 36.9 Å². The largest absolute Gasteiger partial charge is 0.207 e. The summed E-state index contributed by atoms with van der Waals surface area (Å²) in [5.41, 5.74) is 0.816. The van der Waals surface area contributed by atoms with Crippen LogP contribution in [0.2, 0.25) is 18.6 Å². The van der Waals surface area contributed by atoms with E-state index in [1.165, 1.54) is 24.4 Å². The fraction of sp³-hybridized carbons (Fsp3) is 0.467. The molecule has 1 saturated carbocycles. The van der Waals surface area contributed by atoms with Crippen molar-refractivity contribution in [1.82, 2.24) is 0 Å². The van der Waals surface area contributed by atoms with Gasteiger partial charge < -0.3 is 0 Å². The molecule has 0 heterocycles. The van der Waals surface area contributed by atoms with Gasteiger partial charge in [-0.05, 0) is 36.4 Å².